The maximum absolute atomic E-state index is 9.80. The molecule has 0 amide bonds. The summed E-state index contributed by atoms with van der Waals surface area (Å²) in [5.74, 6) is 0.879. The van der Waals surface area contributed by atoms with Gasteiger partial charge in [0, 0.05) is 11.3 Å². The monoisotopic (exact) mass is 369 g/mol. The molecule has 5 nitrogen and oxygen atoms in total. The molecule has 0 fully saturated rings. The van der Waals surface area contributed by atoms with Crippen LogP contribution in [0.25, 0.3) is 5.70 Å². The number of phenols is 1. The van der Waals surface area contributed by atoms with E-state index < -0.39 is 5.60 Å². The van der Waals surface area contributed by atoms with Crippen molar-refractivity contribution in [3.05, 3.63) is 59.2 Å². The van der Waals surface area contributed by atoms with Gasteiger partial charge in [0.25, 0.3) is 0 Å². The number of hydrogen-bond donors (Lipinski definition) is 4. The maximum Gasteiger partial charge on any atom is 0.189 e. The van der Waals surface area contributed by atoms with Crippen molar-refractivity contribution in [1.29, 1.82) is 0 Å². The Morgan fingerprint density at radius 2 is 1.88 bits per heavy atom. The molecule has 0 aromatic heterocycles. The molecule has 0 unspecified atom stereocenters. The van der Waals surface area contributed by atoms with Gasteiger partial charge in [0.05, 0.1) is 5.70 Å². The van der Waals surface area contributed by atoms with E-state index in [-0.39, 0.29) is 5.75 Å². The fourth-order valence-electron chi connectivity index (χ4n) is 2.81. The zero-order chi connectivity index (χ0) is 18.9. The topological polar surface area (TPSA) is 65.5 Å². The van der Waals surface area contributed by atoms with Gasteiger partial charge < -0.3 is 15.2 Å². The van der Waals surface area contributed by atoms with Gasteiger partial charge in [0.2, 0.25) is 0 Å². The van der Waals surface area contributed by atoms with Gasteiger partial charge in [-0.25, -0.2) is 0 Å². The van der Waals surface area contributed by atoms with Gasteiger partial charge in [0.15, 0.2) is 5.11 Å². The van der Waals surface area contributed by atoms with Crippen LogP contribution in [0.5, 0.6) is 11.5 Å². The zero-order valence-corrected chi connectivity index (χ0v) is 16.1. The summed E-state index contributed by atoms with van der Waals surface area (Å²) in [4.78, 5) is 0. The Kier molecular flexibility index (Phi) is 4.78. The van der Waals surface area contributed by atoms with Crippen LogP contribution in [0.1, 0.15) is 30.5 Å². The van der Waals surface area contributed by atoms with Crippen molar-refractivity contribution in [2.24, 2.45) is 0 Å². The average Bonchev–Trinajstić information content (AvgIpc) is 2.56. The number of thiocarbonyl (C=S) groups is 1. The quantitative estimate of drug-likeness (QED) is 0.484. The third-order valence-electron chi connectivity index (χ3n) is 4.07. The van der Waals surface area contributed by atoms with Crippen LogP contribution in [0.4, 0.5) is 5.69 Å². The predicted molar refractivity (Wildman–Crippen MR) is 109 cm³/mol. The minimum absolute atomic E-state index is 0.177. The molecule has 26 heavy (non-hydrogen) atoms. The van der Waals surface area contributed by atoms with Crippen molar-refractivity contribution in [3.63, 3.8) is 0 Å². The van der Waals surface area contributed by atoms with E-state index in [0.717, 1.165) is 28.1 Å². The number of ether oxygens (including phenoxy) is 1. The summed E-state index contributed by atoms with van der Waals surface area (Å²) in [5.41, 5.74) is 10.5. The molecule has 136 valence electrons. The molecule has 2 aromatic carbocycles. The summed E-state index contributed by atoms with van der Waals surface area (Å²) in [7, 11) is 0. The molecule has 1 heterocycles. The summed E-state index contributed by atoms with van der Waals surface area (Å²) < 4.78 is 5.93. The van der Waals surface area contributed by atoms with Crippen LogP contribution < -0.4 is 20.9 Å². The van der Waals surface area contributed by atoms with E-state index in [2.05, 4.69) is 28.3 Å². The van der Waals surface area contributed by atoms with E-state index in [1.54, 1.807) is 18.2 Å². The third kappa shape index (κ3) is 4.08. The number of phenolic OH excluding ortho intramolecular Hbond substituents is 1. The Morgan fingerprint density at radius 1 is 1.12 bits per heavy atom. The predicted octanol–water partition coefficient (Wildman–Crippen LogP) is 4.01. The van der Waals surface area contributed by atoms with Crippen LogP contribution >= 0.6 is 12.2 Å². The standard InChI is InChI=1S/C20H23N3O2S/c1-12-5-6-13(2)16(9-12)21-19(26)23-22-17-11-20(3,4)25-18-8-7-14(24)10-15(17)18/h5-11,22,24H,1-4H3,(H2,21,23,26). The number of aromatic hydroxyl groups is 1. The highest BCUT2D eigenvalue weighted by Gasteiger charge is 2.27. The lowest BCUT2D eigenvalue weighted by Crippen LogP contribution is -2.41. The summed E-state index contributed by atoms with van der Waals surface area (Å²) in [5, 5.41) is 13.4. The van der Waals surface area contributed by atoms with Gasteiger partial charge in [-0.3, -0.25) is 10.9 Å². The van der Waals surface area contributed by atoms with Crippen molar-refractivity contribution in [2.45, 2.75) is 33.3 Å². The molecule has 3 rings (SSSR count). The molecule has 0 radical (unpaired) electrons. The van der Waals surface area contributed by atoms with Crippen molar-refractivity contribution in [1.82, 2.24) is 10.9 Å². The van der Waals surface area contributed by atoms with E-state index in [9.17, 15) is 5.11 Å². The summed E-state index contributed by atoms with van der Waals surface area (Å²) in [6, 6.07) is 11.2. The molecular weight excluding hydrogens is 346 g/mol. The third-order valence-corrected chi connectivity index (χ3v) is 4.27. The lowest BCUT2D eigenvalue weighted by atomic mass is 9.99. The number of nitrogens with one attached hydrogen (secondary N) is 3. The molecule has 6 heteroatoms. The van der Waals surface area contributed by atoms with Crippen LogP contribution in [0.2, 0.25) is 0 Å². The number of rotatable bonds is 3. The molecule has 2 aromatic rings. The zero-order valence-electron chi connectivity index (χ0n) is 15.3. The normalized spacial score (nSPS) is 14.5. The van der Waals surface area contributed by atoms with E-state index in [1.165, 1.54) is 0 Å². The number of aryl methyl sites for hydroxylation is 2. The Morgan fingerprint density at radius 3 is 2.65 bits per heavy atom. The number of hydrazine groups is 1. The van der Waals surface area contributed by atoms with Gasteiger partial charge in [-0.15, -0.1) is 0 Å². The number of fused-ring (bicyclic) bond motifs is 1. The van der Waals surface area contributed by atoms with Gasteiger partial charge in [0.1, 0.15) is 17.1 Å². The molecule has 0 spiro atoms. The summed E-state index contributed by atoms with van der Waals surface area (Å²) >= 11 is 5.40. The first-order valence-corrected chi connectivity index (χ1v) is 8.80. The van der Waals surface area contributed by atoms with E-state index in [1.807, 2.05) is 39.8 Å². The molecule has 0 atom stereocenters. The van der Waals surface area contributed by atoms with E-state index in [4.69, 9.17) is 17.0 Å². The molecule has 4 N–H and O–H groups in total. The highest BCUT2D eigenvalue weighted by molar-refractivity contribution is 7.80. The van der Waals surface area contributed by atoms with E-state index >= 15 is 0 Å². The maximum atomic E-state index is 9.80. The highest BCUT2D eigenvalue weighted by Crippen LogP contribution is 2.36. The first-order chi connectivity index (χ1) is 12.2. The van der Waals surface area contributed by atoms with Crippen LogP contribution in [-0.2, 0) is 0 Å². The first-order valence-electron chi connectivity index (χ1n) is 8.39. The largest absolute Gasteiger partial charge is 0.508 e. The second-order valence-electron chi connectivity index (χ2n) is 6.97. The molecular formula is C20H23N3O2S. The number of anilines is 1. The van der Waals surface area contributed by atoms with Crippen LogP contribution in [-0.4, -0.2) is 15.8 Å². The first kappa shape index (κ1) is 18.1. The Hall–Kier alpha value is -2.73. The number of benzene rings is 2. The fourth-order valence-corrected chi connectivity index (χ4v) is 2.97. The Bertz CT molecular complexity index is 891. The van der Waals surface area contributed by atoms with Gasteiger partial charge >= 0.3 is 0 Å². The summed E-state index contributed by atoms with van der Waals surface area (Å²) in [6.45, 7) is 8.01. The van der Waals surface area contributed by atoms with Crippen molar-refractivity contribution in [2.75, 3.05) is 5.32 Å². The lowest BCUT2D eigenvalue weighted by Gasteiger charge is -2.31. The van der Waals surface area contributed by atoms with Crippen LogP contribution in [0.3, 0.4) is 0 Å². The molecule has 0 aliphatic carbocycles. The van der Waals surface area contributed by atoms with Gasteiger partial charge in [-0.05, 0) is 81.4 Å². The minimum Gasteiger partial charge on any atom is -0.508 e. The van der Waals surface area contributed by atoms with Crippen molar-refractivity contribution >= 4 is 28.7 Å². The lowest BCUT2D eigenvalue weighted by molar-refractivity contribution is 0.157. The molecule has 1 aliphatic heterocycles. The second-order valence-corrected chi connectivity index (χ2v) is 7.37. The Balaban J connectivity index is 1.74. The molecule has 0 saturated heterocycles. The molecule has 0 bridgehead atoms. The SMILES string of the molecule is Cc1ccc(C)c(NC(=S)NNC2=CC(C)(C)Oc3ccc(O)cc32)c1. The fraction of sp³-hybridized carbons (Fsp3) is 0.250. The average molecular weight is 369 g/mol. The minimum atomic E-state index is -0.476. The molecule has 1 aliphatic rings. The highest BCUT2D eigenvalue weighted by atomic mass is 32.1. The second kappa shape index (κ2) is 6.88. The van der Waals surface area contributed by atoms with Crippen molar-refractivity contribution in [3.8, 4) is 11.5 Å². The smallest absolute Gasteiger partial charge is 0.189 e. The number of hydrogen-bond acceptors (Lipinski definition) is 4. The van der Waals surface area contributed by atoms with Gasteiger partial charge in [-0.2, -0.15) is 0 Å². The van der Waals surface area contributed by atoms with Gasteiger partial charge in [-0.1, -0.05) is 12.1 Å². The Labute approximate surface area is 159 Å². The van der Waals surface area contributed by atoms with Crippen LogP contribution in [0.15, 0.2) is 42.5 Å². The van der Waals surface area contributed by atoms with E-state index in [0.29, 0.717) is 10.9 Å². The van der Waals surface area contributed by atoms with Crippen LogP contribution in [0, 0.1) is 13.8 Å². The summed E-state index contributed by atoms with van der Waals surface area (Å²) in [6.07, 6.45) is 1.95. The molecule has 0 saturated carbocycles. The van der Waals surface area contributed by atoms with Crippen molar-refractivity contribution < 1.29 is 9.84 Å².